The fraction of sp³-hybridized carbons (Fsp3) is 0.400. The maximum atomic E-state index is 12.5. The van der Waals surface area contributed by atoms with Crippen molar-refractivity contribution in [3.05, 3.63) is 52.6 Å². The van der Waals surface area contributed by atoms with Crippen molar-refractivity contribution in [3.63, 3.8) is 0 Å². The van der Waals surface area contributed by atoms with Crippen molar-refractivity contribution in [2.24, 2.45) is 0 Å². The standard InChI is InChI=1S/C25H32ClN3O3/c1-5-28-11-13-29(14-12-28)20-8-9-22(18(3)15-20)27-24(30)10-7-19-16-21(26)25(32-6-2)23(17-19)31-4/h7-10,15-17H,5-6,11-14H2,1-4H3,(H,27,30)/b10-7+. The molecule has 6 nitrogen and oxygen atoms in total. The highest BCUT2D eigenvalue weighted by atomic mass is 35.5. The summed E-state index contributed by atoms with van der Waals surface area (Å²) in [5.74, 6) is 0.831. The fourth-order valence-corrected chi connectivity index (χ4v) is 4.05. The lowest BCUT2D eigenvalue weighted by Crippen LogP contribution is -2.46. The lowest BCUT2D eigenvalue weighted by molar-refractivity contribution is -0.111. The summed E-state index contributed by atoms with van der Waals surface area (Å²) < 4.78 is 10.9. The highest BCUT2D eigenvalue weighted by Gasteiger charge is 2.16. The summed E-state index contributed by atoms with van der Waals surface area (Å²) in [6.45, 7) is 11.9. The average Bonchev–Trinajstić information content (AvgIpc) is 2.80. The average molecular weight is 458 g/mol. The Hall–Kier alpha value is -2.70. The van der Waals surface area contributed by atoms with Gasteiger partial charge in [0.15, 0.2) is 11.5 Å². The summed E-state index contributed by atoms with van der Waals surface area (Å²) in [4.78, 5) is 17.4. The molecule has 32 heavy (non-hydrogen) atoms. The molecule has 2 aromatic rings. The monoisotopic (exact) mass is 457 g/mol. The van der Waals surface area contributed by atoms with E-state index in [1.807, 2.05) is 19.9 Å². The molecule has 2 aromatic carbocycles. The number of hydrogen-bond acceptors (Lipinski definition) is 5. The van der Waals surface area contributed by atoms with Crippen LogP contribution in [0.3, 0.4) is 0 Å². The predicted octanol–water partition coefficient (Wildman–Crippen LogP) is 4.85. The van der Waals surface area contributed by atoms with Gasteiger partial charge in [-0.3, -0.25) is 4.79 Å². The van der Waals surface area contributed by atoms with Gasteiger partial charge in [-0.15, -0.1) is 0 Å². The molecule has 1 heterocycles. The number of carbonyl (C=O) groups excluding carboxylic acids is 1. The second kappa shape index (κ2) is 11.2. The van der Waals surface area contributed by atoms with E-state index >= 15 is 0 Å². The Balaban J connectivity index is 1.65. The minimum atomic E-state index is -0.207. The van der Waals surface area contributed by atoms with Gasteiger partial charge in [-0.2, -0.15) is 0 Å². The van der Waals surface area contributed by atoms with Crippen LogP contribution < -0.4 is 19.7 Å². The smallest absolute Gasteiger partial charge is 0.248 e. The zero-order chi connectivity index (χ0) is 23.1. The van der Waals surface area contributed by atoms with Gasteiger partial charge in [-0.25, -0.2) is 0 Å². The maximum Gasteiger partial charge on any atom is 0.248 e. The van der Waals surface area contributed by atoms with Crippen molar-refractivity contribution in [2.45, 2.75) is 20.8 Å². The molecule has 0 bridgehead atoms. The van der Waals surface area contributed by atoms with E-state index < -0.39 is 0 Å². The molecule has 1 aliphatic rings. The second-order valence-corrected chi connectivity index (χ2v) is 8.12. The molecule has 3 rings (SSSR count). The molecule has 1 aliphatic heterocycles. The summed E-state index contributed by atoms with van der Waals surface area (Å²) in [6, 6.07) is 9.72. The van der Waals surface area contributed by atoms with Gasteiger partial charge >= 0.3 is 0 Å². The number of benzene rings is 2. The lowest BCUT2D eigenvalue weighted by atomic mass is 10.1. The Morgan fingerprint density at radius 1 is 1.16 bits per heavy atom. The second-order valence-electron chi connectivity index (χ2n) is 7.71. The van der Waals surface area contributed by atoms with Crippen LogP contribution in [0.5, 0.6) is 11.5 Å². The molecule has 0 aromatic heterocycles. The number of methoxy groups -OCH3 is 1. The van der Waals surface area contributed by atoms with Crippen molar-refractivity contribution < 1.29 is 14.3 Å². The third-order valence-corrected chi connectivity index (χ3v) is 5.90. The van der Waals surface area contributed by atoms with E-state index in [-0.39, 0.29) is 5.91 Å². The quantitative estimate of drug-likeness (QED) is 0.574. The predicted molar refractivity (Wildman–Crippen MR) is 132 cm³/mol. The summed E-state index contributed by atoms with van der Waals surface area (Å²) in [6.07, 6.45) is 3.19. The largest absolute Gasteiger partial charge is 0.493 e. The highest BCUT2D eigenvalue weighted by Crippen LogP contribution is 2.36. The fourth-order valence-electron chi connectivity index (χ4n) is 3.77. The first-order chi connectivity index (χ1) is 15.4. The van der Waals surface area contributed by atoms with Crippen molar-refractivity contribution in [1.29, 1.82) is 0 Å². The zero-order valence-electron chi connectivity index (χ0n) is 19.3. The number of amides is 1. The highest BCUT2D eigenvalue weighted by molar-refractivity contribution is 6.32. The van der Waals surface area contributed by atoms with Gasteiger partial charge in [-0.05, 0) is 67.9 Å². The Bertz CT molecular complexity index is 969. The molecule has 0 radical (unpaired) electrons. The van der Waals surface area contributed by atoms with E-state index in [1.165, 1.54) is 11.8 Å². The molecular weight excluding hydrogens is 426 g/mol. The first-order valence-corrected chi connectivity index (χ1v) is 11.4. The van der Waals surface area contributed by atoms with E-state index in [0.717, 1.165) is 49.5 Å². The number of ether oxygens (including phenoxy) is 2. The van der Waals surface area contributed by atoms with Crippen LogP contribution >= 0.6 is 11.6 Å². The van der Waals surface area contributed by atoms with Gasteiger partial charge in [0.25, 0.3) is 0 Å². The van der Waals surface area contributed by atoms with Crippen LogP contribution in [0.4, 0.5) is 11.4 Å². The number of carbonyl (C=O) groups is 1. The van der Waals surface area contributed by atoms with Crippen LogP contribution in [0.25, 0.3) is 6.08 Å². The molecule has 1 fully saturated rings. The number of aryl methyl sites for hydroxylation is 1. The van der Waals surface area contributed by atoms with Crippen molar-refractivity contribution in [1.82, 2.24) is 4.90 Å². The number of likely N-dealkylation sites (N-methyl/N-ethyl adjacent to an activating group) is 1. The molecule has 1 saturated heterocycles. The molecule has 0 aliphatic carbocycles. The first kappa shape index (κ1) is 24.0. The van der Waals surface area contributed by atoms with Crippen LogP contribution in [-0.4, -0.2) is 57.2 Å². The van der Waals surface area contributed by atoms with Gasteiger partial charge in [0, 0.05) is 43.6 Å². The van der Waals surface area contributed by atoms with Gasteiger partial charge in [-0.1, -0.05) is 18.5 Å². The zero-order valence-corrected chi connectivity index (χ0v) is 20.0. The van der Waals surface area contributed by atoms with Gasteiger partial charge in [0.05, 0.1) is 18.7 Å². The van der Waals surface area contributed by atoms with Crippen molar-refractivity contribution in [3.8, 4) is 11.5 Å². The van der Waals surface area contributed by atoms with Crippen LogP contribution in [-0.2, 0) is 4.79 Å². The first-order valence-electron chi connectivity index (χ1n) is 11.0. The Kier molecular flexibility index (Phi) is 8.42. The van der Waals surface area contributed by atoms with Gasteiger partial charge in [0.1, 0.15) is 0 Å². The third-order valence-electron chi connectivity index (χ3n) is 5.62. The SMILES string of the molecule is CCOc1c(Cl)cc(/C=C/C(=O)Nc2ccc(N3CCN(CC)CC3)cc2C)cc1OC. The normalized spacial score (nSPS) is 14.6. The molecule has 1 amide bonds. The van der Waals surface area contributed by atoms with Crippen LogP contribution in [0, 0.1) is 6.92 Å². The van der Waals surface area contributed by atoms with Crippen molar-refractivity contribution >= 4 is 35.0 Å². The summed E-state index contributed by atoms with van der Waals surface area (Å²) in [5, 5.41) is 3.40. The van der Waals surface area contributed by atoms with Crippen LogP contribution in [0.15, 0.2) is 36.4 Å². The Morgan fingerprint density at radius 3 is 2.53 bits per heavy atom. The van der Waals surface area contributed by atoms with Gasteiger partial charge in [0.2, 0.25) is 5.91 Å². The van der Waals surface area contributed by atoms with Crippen molar-refractivity contribution in [2.75, 3.05) is 56.7 Å². The maximum absolute atomic E-state index is 12.5. The molecule has 0 saturated carbocycles. The number of halogens is 1. The summed E-state index contributed by atoms with van der Waals surface area (Å²) >= 11 is 6.31. The van der Waals surface area contributed by atoms with E-state index in [4.69, 9.17) is 21.1 Å². The number of piperazine rings is 1. The summed E-state index contributed by atoms with van der Waals surface area (Å²) in [7, 11) is 1.56. The van der Waals surface area contributed by atoms with E-state index in [2.05, 4.69) is 34.2 Å². The minimum Gasteiger partial charge on any atom is -0.493 e. The number of hydrogen-bond donors (Lipinski definition) is 1. The number of anilines is 2. The topological polar surface area (TPSA) is 54.0 Å². The van der Waals surface area contributed by atoms with E-state index in [0.29, 0.717) is 23.1 Å². The lowest BCUT2D eigenvalue weighted by Gasteiger charge is -2.35. The van der Waals surface area contributed by atoms with Crippen LogP contribution in [0.2, 0.25) is 5.02 Å². The minimum absolute atomic E-state index is 0.207. The van der Waals surface area contributed by atoms with E-state index in [1.54, 1.807) is 25.3 Å². The Morgan fingerprint density at radius 2 is 1.91 bits per heavy atom. The van der Waals surface area contributed by atoms with E-state index in [9.17, 15) is 4.79 Å². The summed E-state index contributed by atoms with van der Waals surface area (Å²) in [5.41, 5.74) is 3.79. The Labute approximate surface area is 195 Å². The molecule has 7 heteroatoms. The van der Waals surface area contributed by atoms with Gasteiger partial charge < -0.3 is 24.6 Å². The third kappa shape index (κ3) is 5.96. The number of nitrogens with zero attached hydrogens (tertiary/aromatic N) is 2. The molecule has 1 N–H and O–H groups in total. The number of rotatable bonds is 8. The molecular formula is C25H32ClN3O3. The molecule has 0 atom stereocenters. The van der Waals surface area contributed by atoms with Crippen LogP contribution in [0.1, 0.15) is 25.0 Å². The molecule has 0 unspecified atom stereocenters. The molecule has 172 valence electrons. The number of nitrogens with one attached hydrogen (secondary N) is 1. The molecule has 0 spiro atoms.